The second kappa shape index (κ2) is 6.44. The van der Waals surface area contributed by atoms with Gasteiger partial charge in [0.05, 0.1) is 11.5 Å². The van der Waals surface area contributed by atoms with Gasteiger partial charge in [0.2, 0.25) is 0 Å². The number of piperidine rings is 1. The van der Waals surface area contributed by atoms with Gasteiger partial charge in [0.25, 0.3) is 10.0 Å². The van der Waals surface area contributed by atoms with E-state index in [1.165, 1.54) is 6.07 Å². The first-order chi connectivity index (χ1) is 9.85. The molecule has 0 spiro atoms. The highest BCUT2D eigenvalue weighted by molar-refractivity contribution is 7.89. The Hall–Kier alpha value is -0.950. The number of hydrogen-bond donors (Lipinski definition) is 2. The first-order valence-electron chi connectivity index (χ1n) is 7.36. The molecule has 0 aliphatic carbocycles. The Bertz CT molecular complexity index is 591. The summed E-state index contributed by atoms with van der Waals surface area (Å²) in [5.74, 6) is 0. The summed E-state index contributed by atoms with van der Waals surface area (Å²) in [5, 5.41) is 11.0. The fourth-order valence-electron chi connectivity index (χ4n) is 2.82. The zero-order valence-electron chi connectivity index (χ0n) is 12.8. The van der Waals surface area contributed by atoms with Crippen LogP contribution in [0.2, 0.25) is 0 Å². The second-order valence-electron chi connectivity index (χ2n) is 5.89. The zero-order valence-corrected chi connectivity index (χ0v) is 13.7. The number of nitrogens with zero attached hydrogens (tertiary/aromatic N) is 1. The van der Waals surface area contributed by atoms with Crippen LogP contribution < -0.4 is 4.83 Å². The van der Waals surface area contributed by atoms with Gasteiger partial charge in [-0.1, -0.05) is 18.6 Å². The van der Waals surface area contributed by atoms with Crippen molar-refractivity contribution in [3.8, 4) is 0 Å². The Morgan fingerprint density at radius 3 is 2.48 bits per heavy atom. The summed E-state index contributed by atoms with van der Waals surface area (Å²) in [6, 6.07) is 5.37. The second-order valence-corrected chi connectivity index (χ2v) is 7.52. The molecule has 21 heavy (non-hydrogen) atoms. The van der Waals surface area contributed by atoms with Crippen molar-refractivity contribution in [2.24, 2.45) is 0 Å². The minimum Gasteiger partial charge on any atom is -0.392 e. The van der Waals surface area contributed by atoms with E-state index in [2.05, 4.69) is 4.83 Å². The molecule has 1 aromatic carbocycles. The monoisotopic (exact) mass is 312 g/mol. The number of benzene rings is 1. The number of nitrogens with one attached hydrogen (secondary N) is 1. The molecular formula is C15H24N2O3S. The molecule has 1 aliphatic rings. The van der Waals surface area contributed by atoms with Gasteiger partial charge >= 0.3 is 0 Å². The largest absolute Gasteiger partial charge is 0.392 e. The number of aliphatic hydroxyl groups is 1. The Kier molecular flexibility index (Phi) is 5.03. The molecule has 1 aliphatic heterocycles. The predicted molar refractivity (Wildman–Crippen MR) is 82.0 cm³/mol. The van der Waals surface area contributed by atoms with Crippen LogP contribution in [0, 0.1) is 6.92 Å². The molecule has 1 heterocycles. The summed E-state index contributed by atoms with van der Waals surface area (Å²) in [5.41, 5.74) is 1.28. The minimum atomic E-state index is -3.62. The predicted octanol–water partition coefficient (Wildman–Crippen LogP) is 1.94. The molecule has 2 atom stereocenters. The lowest BCUT2D eigenvalue weighted by Crippen LogP contribution is -2.54. The van der Waals surface area contributed by atoms with E-state index in [4.69, 9.17) is 0 Å². The first kappa shape index (κ1) is 16.4. The molecule has 2 N–H and O–H groups in total. The third-order valence-electron chi connectivity index (χ3n) is 4.14. The molecule has 118 valence electrons. The smallest absolute Gasteiger partial charge is 0.253 e. The number of aliphatic hydroxyl groups excluding tert-OH is 1. The lowest BCUT2D eigenvalue weighted by Gasteiger charge is -2.38. The van der Waals surface area contributed by atoms with E-state index in [9.17, 15) is 13.5 Å². The van der Waals surface area contributed by atoms with Gasteiger partial charge < -0.3 is 5.11 Å². The molecule has 1 saturated heterocycles. The lowest BCUT2D eigenvalue weighted by molar-refractivity contribution is 0.0790. The molecule has 6 heteroatoms. The molecule has 5 nitrogen and oxygen atoms in total. The van der Waals surface area contributed by atoms with Gasteiger partial charge in [-0.2, -0.15) is 0 Å². The van der Waals surface area contributed by atoms with Crippen molar-refractivity contribution in [2.75, 3.05) is 0 Å². The lowest BCUT2D eigenvalue weighted by atomic mass is 10.0. The number of sulfonamides is 1. The van der Waals surface area contributed by atoms with Crippen molar-refractivity contribution in [2.45, 2.75) is 63.6 Å². The highest BCUT2D eigenvalue weighted by Crippen LogP contribution is 2.23. The Morgan fingerprint density at radius 1 is 1.29 bits per heavy atom. The standard InChI is InChI=1S/C15H24N2O3S/c1-11-7-8-14(10-18)9-15(11)21(19,20)16-17-12(2)5-4-6-13(17)3/h7-9,12-13,16,18H,4-6,10H2,1-3H3. The van der Waals surface area contributed by atoms with E-state index in [1.54, 1.807) is 19.1 Å². The van der Waals surface area contributed by atoms with Crippen LogP contribution >= 0.6 is 0 Å². The van der Waals surface area contributed by atoms with Crippen molar-refractivity contribution in [3.63, 3.8) is 0 Å². The van der Waals surface area contributed by atoms with Gasteiger partial charge in [-0.25, -0.2) is 13.4 Å². The topological polar surface area (TPSA) is 69.6 Å². The highest BCUT2D eigenvalue weighted by Gasteiger charge is 2.29. The molecule has 0 radical (unpaired) electrons. The fraction of sp³-hybridized carbons (Fsp3) is 0.600. The van der Waals surface area contributed by atoms with E-state index in [1.807, 2.05) is 18.9 Å². The van der Waals surface area contributed by atoms with E-state index < -0.39 is 10.0 Å². The number of rotatable bonds is 4. The van der Waals surface area contributed by atoms with Gasteiger partial charge in [0.1, 0.15) is 0 Å². The normalized spacial score (nSPS) is 24.2. The van der Waals surface area contributed by atoms with Crippen LogP contribution in [-0.2, 0) is 16.6 Å². The van der Waals surface area contributed by atoms with Crippen molar-refractivity contribution < 1.29 is 13.5 Å². The summed E-state index contributed by atoms with van der Waals surface area (Å²) >= 11 is 0. The summed E-state index contributed by atoms with van der Waals surface area (Å²) in [6.07, 6.45) is 3.10. The van der Waals surface area contributed by atoms with Gasteiger partial charge in [-0.05, 0) is 50.8 Å². The fourth-order valence-corrected chi connectivity index (χ4v) is 4.36. The van der Waals surface area contributed by atoms with E-state index in [-0.39, 0.29) is 23.6 Å². The maximum absolute atomic E-state index is 12.6. The average molecular weight is 312 g/mol. The molecule has 1 fully saturated rings. The molecule has 1 aromatic rings. The van der Waals surface area contributed by atoms with Crippen LogP contribution in [0.1, 0.15) is 44.2 Å². The Morgan fingerprint density at radius 2 is 1.90 bits per heavy atom. The molecule has 0 saturated carbocycles. The van der Waals surface area contributed by atoms with E-state index >= 15 is 0 Å². The van der Waals surface area contributed by atoms with Crippen molar-refractivity contribution in [1.82, 2.24) is 9.84 Å². The molecule has 0 aromatic heterocycles. The van der Waals surface area contributed by atoms with Gasteiger partial charge in [-0.15, -0.1) is 4.83 Å². The van der Waals surface area contributed by atoms with Crippen LogP contribution in [-0.4, -0.2) is 30.6 Å². The summed E-state index contributed by atoms with van der Waals surface area (Å²) < 4.78 is 25.3. The molecule has 2 unspecified atom stereocenters. The van der Waals surface area contributed by atoms with Crippen LogP contribution in [0.5, 0.6) is 0 Å². The maximum atomic E-state index is 12.6. The number of aryl methyl sites for hydroxylation is 1. The molecule has 0 bridgehead atoms. The molecule has 2 rings (SSSR count). The number of hydrazine groups is 1. The summed E-state index contributed by atoms with van der Waals surface area (Å²) in [6.45, 7) is 5.67. The molecule has 0 amide bonds. The minimum absolute atomic E-state index is 0.167. The van der Waals surface area contributed by atoms with E-state index in [0.717, 1.165) is 19.3 Å². The van der Waals surface area contributed by atoms with Crippen molar-refractivity contribution in [3.05, 3.63) is 29.3 Å². The zero-order chi connectivity index (χ0) is 15.6. The van der Waals surface area contributed by atoms with Gasteiger partial charge in [0, 0.05) is 12.1 Å². The van der Waals surface area contributed by atoms with Crippen LogP contribution in [0.25, 0.3) is 0 Å². The summed E-state index contributed by atoms with van der Waals surface area (Å²) in [7, 11) is -3.62. The van der Waals surface area contributed by atoms with Crippen LogP contribution in [0.3, 0.4) is 0 Å². The van der Waals surface area contributed by atoms with Crippen molar-refractivity contribution >= 4 is 10.0 Å². The van der Waals surface area contributed by atoms with Crippen LogP contribution in [0.15, 0.2) is 23.1 Å². The Labute approximate surface area is 127 Å². The Balaban J connectivity index is 2.29. The third-order valence-corrected chi connectivity index (χ3v) is 5.61. The third kappa shape index (κ3) is 3.63. The summed E-state index contributed by atoms with van der Waals surface area (Å²) in [4.78, 5) is 2.96. The quantitative estimate of drug-likeness (QED) is 0.891. The highest BCUT2D eigenvalue weighted by atomic mass is 32.2. The molecular weight excluding hydrogens is 288 g/mol. The maximum Gasteiger partial charge on any atom is 0.253 e. The average Bonchev–Trinajstić information content (AvgIpc) is 2.43. The van der Waals surface area contributed by atoms with Gasteiger partial charge in [0.15, 0.2) is 0 Å². The van der Waals surface area contributed by atoms with E-state index in [0.29, 0.717) is 11.1 Å². The SMILES string of the molecule is Cc1ccc(CO)cc1S(=O)(=O)NN1C(C)CCCC1C. The number of hydrogen-bond acceptors (Lipinski definition) is 4. The van der Waals surface area contributed by atoms with Gasteiger partial charge in [-0.3, -0.25) is 0 Å². The van der Waals surface area contributed by atoms with Crippen LogP contribution in [0.4, 0.5) is 0 Å². The first-order valence-corrected chi connectivity index (χ1v) is 8.84. The van der Waals surface area contributed by atoms with Crippen molar-refractivity contribution in [1.29, 1.82) is 0 Å².